The van der Waals surface area contributed by atoms with Crippen molar-refractivity contribution >= 4 is 15.9 Å². The molecule has 1 heterocycles. The van der Waals surface area contributed by atoms with Gasteiger partial charge in [-0.2, -0.15) is 0 Å². The molecule has 2 N–H and O–H groups in total. The second kappa shape index (κ2) is 7.55. The van der Waals surface area contributed by atoms with Crippen molar-refractivity contribution in [2.75, 3.05) is 19.7 Å². The van der Waals surface area contributed by atoms with Gasteiger partial charge in [-0.15, -0.1) is 0 Å². The van der Waals surface area contributed by atoms with Crippen molar-refractivity contribution in [3.05, 3.63) is 34.3 Å². The Labute approximate surface area is 130 Å². The third-order valence-corrected chi connectivity index (χ3v) is 4.44. The summed E-state index contributed by atoms with van der Waals surface area (Å²) >= 11 is 3.57. The summed E-state index contributed by atoms with van der Waals surface area (Å²) in [4.78, 5) is 2.49. The fraction of sp³-hybridized carbons (Fsp3) is 0.625. The lowest BCUT2D eigenvalue weighted by Crippen LogP contribution is -2.43. The zero-order chi connectivity index (χ0) is 14.5. The SMILES string of the molecule is CCC(N)C(c1cccc(Br)c1)N1CCCOC(C)C1. The monoisotopic (exact) mass is 340 g/mol. The number of nitrogens with two attached hydrogens (primary N) is 1. The molecule has 1 aliphatic rings. The first-order valence-corrected chi connectivity index (χ1v) is 8.27. The zero-order valence-electron chi connectivity index (χ0n) is 12.4. The van der Waals surface area contributed by atoms with E-state index in [0.717, 1.165) is 37.0 Å². The van der Waals surface area contributed by atoms with Crippen LogP contribution in [0.4, 0.5) is 0 Å². The number of nitrogens with zero attached hydrogens (tertiary/aromatic N) is 1. The first kappa shape index (κ1) is 16.0. The molecule has 1 aromatic rings. The number of rotatable bonds is 4. The van der Waals surface area contributed by atoms with Crippen molar-refractivity contribution in [1.29, 1.82) is 0 Å². The predicted octanol–water partition coefficient (Wildman–Crippen LogP) is 3.34. The molecule has 0 radical (unpaired) electrons. The van der Waals surface area contributed by atoms with Gasteiger partial charge >= 0.3 is 0 Å². The Hall–Kier alpha value is -0.420. The second-order valence-corrected chi connectivity index (χ2v) is 6.52. The lowest BCUT2D eigenvalue weighted by Gasteiger charge is -2.35. The van der Waals surface area contributed by atoms with Crippen molar-refractivity contribution in [3.63, 3.8) is 0 Å². The summed E-state index contributed by atoms with van der Waals surface area (Å²) in [5.41, 5.74) is 7.72. The summed E-state index contributed by atoms with van der Waals surface area (Å²) in [5.74, 6) is 0. The Balaban J connectivity index is 2.26. The summed E-state index contributed by atoms with van der Waals surface area (Å²) in [6.45, 7) is 7.16. The first-order chi connectivity index (χ1) is 9.61. The fourth-order valence-corrected chi connectivity index (χ4v) is 3.34. The van der Waals surface area contributed by atoms with Crippen molar-refractivity contribution < 1.29 is 4.74 Å². The van der Waals surface area contributed by atoms with Gasteiger partial charge in [-0.1, -0.05) is 35.0 Å². The molecule has 0 saturated carbocycles. The molecule has 3 atom stereocenters. The van der Waals surface area contributed by atoms with Gasteiger partial charge in [0.05, 0.1) is 12.1 Å². The average molecular weight is 341 g/mol. The molecule has 3 nitrogen and oxygen atoms in total. The lowest BCUT2D eigenvalue weighted by molar-refractivity contribution is 0.0575. The summed E-state index contributed by atoms with van der Waals surface area (Å²) in [6, 6.07) is 8.94. The normalized spacial score (nSPS) is 24.1. The van der Waals surface area contributed by atoms with E-state index in [-0.39, 0.29) is 18.2 Å². The van der Waals surface area contributed by atoms with Crippen molar-refractivity contribution in [2.45, 2.75) is 44.9 Å². The summed E-state index contributed by atoms with van der Waals surface area (Å²) in [6.07, 6.45) is 2.32. The van der Waals surface area contributed by atoms with Gasteiger partial charge in [-0.05, 0) is 37.5 Å². The van der Waals surface area contributed by atoms with Crippen molar-refractivity contribution in [3.8, 4) is 0 Å². The van der Waals surface area contributed by atoms with Gasteiger partial charge in [0, 0.05) is 30.2 Å². The summed E-state index contributed by atoms with van der Waals surface area (Å²) in [7, 11) is 0. The molecule has 1 aliphatic heterocycles. The van der Waals surface area contributed by atoms with E-state index in [1.807, 2.05) is 0 Å². The highest BCUT2D eigenvalue weighted by atomic mass is 79.9. The molecule has 0 aliphatic carbocycles. The van der Waals surface area contributed by atoms with Crippen LogP contribution in [0, 0.1) is 0 Å². The Morgan fingerprint density at radius 3 is 3.00 bits per heavy atom. The molecule has 0 aromatic heterocycles. The summed E-state index contributed by atoms with van der Waals surface area (Å²) < 4.78 is 6.88. The molecule has 20 heavy (non-hydrogen) atoms. The van der Waals surface area contributed by atoms with Crippen LogP contribution >= 0.6 is 15.9 Å². The molecule has 4 heteroatoms. The molecular weight excluding hydrogens is 316 g/mol. The maximum Gasteiger partial charge on any atom is 0.0674 e. The van der Waals surface area contributed by atoms with Crippen LogP contribution in [-0.4, -0.2) is 36.7 Å². The highest BCUT2D eigenvalue weighted by Gasteiger charge is 2.28. The van der Waals surface area contributed by atoms with Crippen LogP contribution in [0.2, 0.25) is 0 Å². The Morgan fingerprint density at radius 2 is 2.30 bits per heavy atom. The minimum absolute atomic E-state index is 0.148. The Morgan fingerprint density at radius 1 is 1.50 bits per heavy atom. The summed E-state index contributed by atoms with van der Waals surface area (Å²) in [5, 5.41) is 0. The van der Waals surface area contributed by atoms with Crippen LogP contribution in [0.25, 0.3) is 0 Å². The molecule has 1 saturated heterocycles. The smallest absolute Gasteiger partial charge is 0.0674 e. The highest BCUT2D eigenvalue weighted by Crippen LogP contribution is 2.28. The molecular formula is C16H25BrN2O. The van der Waals surface area contributed by atoms with Crippen LogP contribution in [0.1, 0.15) is 38.3 Å². The largest absolute Gasteiger partial charge is 0.377 e. The number of ether oxygens (including phenoxy) is 1. The third-order valence-electron chi connectivity index (χ3n) is 3.94. The number of halogens is 1. The number of benzene rings is 1. The fourth-order valence-electron chi connectivity index (χ4n) is 2.92. The van der Waals surface area contributed by atoms with Gasteiger partial charge in [-0.25, -0.2) is 0 Å². The maximum atomic E-state index is 6.43. The van der Waals surface area contributed by atoms with E-state index in [1.54, 1.807) is 0 Å². The van der Waals surface area contributed by atoms with Gasteiger partial charge in [0.25, 0.3) is 0 Å². The van der Waals surface area contributed by atoms with Crippen molar-refractivity contribution in [2.24, 2.45) is 5.73 Å². The van der Waals surface area contributed by atoms with Crippen LogP contribution < -0.4 is 5.73 Å². The molecule has 3 unspecified atom stereocenters. The number of hydrogen-bond acceptors (Lipinski definition) is 3. The Bertz CT molecular complexity index is 427. The van der Waals surface area contributed by atoms with Gasteiger partial charge in [0.2, 0.25) is 0 Å². The minimum atomic E-state index is 0.148. The second-order valence-electron chi connectivity index (χ2n) is 5.60. The highest BCUT2D eigenvalue weighted by molar-refractivity contribution is 9.10. The van der Waals surface area contributed by atoms with Crippen LogP contribution in [0.5, 0.6) is 0 Å². The number of hydrogen-bond donors (Lipinski definition) is 1. The molecule has 112 valence electrons. The van der Waals surface area contributed by atoms with E-state index >= 15 is 0 Å². The first-order valence-electron chi connectivity index (χ1n) is 7.48. The van der Waals surface area contributed by atoms with Gasteiger partial charge in [0.15, 0.2) is 0 Å². The van der Waals surface area contributed by atoms with E-state index in [2.05, 4.69) is 58.9 Å². The van der Waals surface area contributed by atoms with Crippen LogP contribution in [-0.2, 0) is 4.74 Å². The van der Waals surface area contributed by atoms with Gasteiger partial charge in [0.1, 0.15) is 0 Å². The van der Waals surface area contributed by atoms with Crippen LogP contribution in [0.3, 0.4) is 0 Å². The molecule has 2 rings (SSSR count). The van der Waals surface area contributed by atoms with E-state index < -0.39 is 0 Å². The average Bonchev–Trinajstić information content (AvgIpc) is 2.63. The van der Waals surface area contributed by atoms with E-state index in [0.29, 0.717) is 0 Å². The van der Waals surface area contributed by atoms with E-state index in [9.17, 15) is 0 Å². The predicted molar refractivity (Wildman–Crippen MR) is 86.8 cm³/mol. The van der Waals surface area contributed by atoms with E-state index in [4.69, 9.17) is 10.5 Å². The van der Waals surface area contributed by atoms with Crippen LogP contribution in [0.15, 0.2) is 28.7 Å². The standard InChI is InChI=1S/C16H25BrN2O/c1-3-15(18)16(13-6-4-7-14(17)10-13)19-8-5-9-20-12(2)11-19/h4,6-7,10,12,15-16H,3,5,8-9,11,18H2,1-2H3. The zero-order valence-corrected chi connectivity index (χ0v) is 14.0. The molecule has 0 spiro atoms. The Kier molecular flexibility index (Phi) is 6.02. The molecule has 0 bridgehead atoms. The maximum absolute atomic E-state index is 6.43. The quantitative estimate of drug-likeness (QED) is 0.913. The molecule has 0 amide bonds. The van der Waals surface area contributed by atoms with E-state index in [1.165, 1.54) is 5.56 Å². The molecule has 1 fully saturated rings. The topological polar surface area (TPSA) is 38.5 Å². The van der Waals surface area contributed by atoms with Gasteiger partial charge in [-0.3, -0.25) is 4.90 Å². The van der Waals surface area contributed by atoms with Gasteiger partial charge < -0.3 is 10.5 Å². The van der Waals surface area contributed by atoms with Crippen molar-refractivity contribution in [1.82, 2.24) is 4.90 Å². The molecule has 1 aromatic carbocycles. The third kappa shape index (κ3) is 4.04. The lowest BCUT2D eigenvalue weighted by atomic mass is 9.96. The minimum Gasteiger partial charge on any atom is -0.377 e.